The number of halogens is 1. The topological polar surface area (TPSA) is 58.6 Å². The smallest absolute Gasteiger partial charge is 0.223 e. The molecule has 1 aliphatic heterocycles. The van der Waals surface area contributed by atoms with Gasteiger partial charge in [0.05, 0.1) is 18.8 Å². The Kier molecular flexibility index (Phi) is 4.83. The molecule has 0 aromatic heterocycles. The average Bonchev–Trinajstić information content (AvgIpc) is 2.46. The third kappa shape index (κ3) is 3.35. The molecular weight excluding hydrogens is 273 g/mol. The van der Waals surface area contributed by atoms with E-state index in [1.807, 2.05) is 13.8 Å². The first-order valence-corrected chi connectivity index (χ1v) is 7.38. The van der Waals surface area contributed by atoms with E-state index in [0.29, 0.717) is 24.2 Å². The second-order valence-corrected chi connectivity index (χ2v) is 5.60. The van der Waals surface area contributed by atoms with Crippen LogP contribution in [0, 0.1) is 11.7 Å². The number of ether oxygens (including phenoxy) is 1. The maximum atomic E-state index is 14.1. The van der Waals surface area contributed by atoms with Gasteiger partial charge in [-0.25, -0.2) is 4.39 Å². The van der Waals surface area contributed by atoms with Gasteiger partial charge in [-0.15, -0.1) is 0 Å². The Balaban J connectivity index is 2.31. The fourth-order valence-electron chi connectivity index (χ4n) is 2.37. The predicted molar refractivity (Wildman–Crippen MR) is 77.5 cm³/mol. The standard InChI is InChI=1S/C16H22FNO3/c1-4-9(2)16(20)18-14-5-6-21-15-12(14)7-11(10(3)19)8-13(15)17/h7-10,14,19H,4-6H2,1-3H3,(H,18,20). The van der Waals surface area contributed by atoms with Gasteiger partial charge in [0.1, 0.15) is 0 Å². The molecule has 0 aliphatic carbocycles. The lowest BCUT2D eigenvalue weighted by atomic mass is 9.95. The van der Waals surface area contributed by atoms with Crippen molar-refractivity contribution < 1.29 is 19.0 Å². The van der Waals surface area contributed by atoms with Gasteiger partial charge in [-0.3, -0.25) is 4.79 Å². The summed E-state index contributed by atoms with van der Waals surface area (Å²) < 4.78 is 19.5. The van der Waals surface area contributed by atoms with E-state index in [1.165, 1.54) is 6.07 Å². The van der Waals surface area contributed by atoms with Crippen molar-refractivity contribution in [3.8, 4) is 5.75 Å². The Morgan fingerprint density at radius 2 is 2.24 bits per heavy atom. The van der Waals surface area contributed by atoms with E-state index in [0.717, 1.165) is 6.42 Å². The molecule has 0 saturated heterocycles. The molecule has 2 rings (SSSR count). The lowest BCUT2D eigenvalue weighted by molar-refractivity contribution is -0.125. The van der Waals surface area contributed by atoms with Gasteiger partial charge in [0.25, 0.3) is 0 Å². The number of aliphatic hydroxyl groups is 1. The maximum absolute atomic E-state index is 14.1. The van der Waals surface area contributed by atoms with Crippen LogP contribution in [0.25, 0.3) is 0 Å². The highest BCUT2D eigenvalue weighted by Crippen LogP contribution is 2.36. The van der Waals surface area contributed by atoms with Crippen LogP contribution in [0.4, 0.5) is 4.39 Å². The summed E-state index contributed by atoms with van der Waals surface area (Å²) in [7, 11) is 0. The van der Waals surface area contributed by atoms with Gasteiger partial charge in [0.2, 0.25) is 5.91 Å². The van der Waals surface area contributed by atoms with Gasteiger partial charge in [0, 0.05) is 17.9 Å². The van der Waals surface area contributed by atoms with Crippen molar-refractivity contribution in [3.63, 3.8) is 0 Å². The van der Waals surface area contributed by atoms with E-state index in [2.05, 4.69) is 5.32 Å². The van der Waals surface area contributed by atoms with Gasteiger partial charge in [0.15, 0.2) is 11.6 Å². The first-order valence-electron chi connectivity index (χ1n) is 7.38. The van der Waals surface area contributed by atoms with Crippen molar-refractivity contribution in [2.24, 2.45) is 5.92 Å². The first kappa shape index (κ1) is 15.8. The van der Waals surface area contributed by atoms with Gasteiger partial charge in [-0.05, 0) is 31.0 Å². The Bertz CT molecular complexity index is 530. The zero-order valence-electron chi connectivity index (χ0n) is 12.6. The molecule has 5 heteroatoms. The highest BCUT2D eigenvalue weighted by Gasteiger charge is 2.27. The van der Waals surface area contributed by atoms with Gasteiger partial charge < -0.3 is 15.2 Å². The molecule has 0 saturated carbocycles. The molecule has 0 bridgehead atoms. The number of carbonyl (C=O) groups excluding carboxylic acids is 1. The third-order valence-electron chi connectivity index (χ3n) is 3.98. The van der Waals surface area contributed by atoms with E-state index < -0.39 is 11.9 Å². The number of fused-ring (bicyclic) bond motifs is 1. The van der Waals surface area contributed by atoms with Gasteiger partial charge in [-0.2, -0.15) is 0 Å². The monoisotopic (exact) mass is 295 g/mol. The van der Waals surface area contributed by atoms with E-state index >= 15 is 0 Å². The summed E-state index contributed by atoms with van der Waals surface area (Å²) in [6, 6.07) is 2.72. The molecular formula is C16H22FNO3. The molecule has 0 fully saturated rings. The minimum Gasteiger partial charge on any atom is -0.490 e. The number of rotatable bonds is 4. The van der Waals surface area contributed by atoms with Gasteiger partial charge >= 0.3 is 0 Å². The van der Waals surface area contributed by atoms with Crippen molar-refractivity contribution >= 4 is 5.91 Å². The van der Waals surface area contributed by atoms with Crippen LogP contribution in [0.15, 0.2) is 12.1 Å². The normalized spacial score (nSPS) is 20.1. The van der Waals surface area contributed by atoms with E-state index in [9.17, 15) is 14.3 Å². The number of hydrogen-bond acceptors (Lipinski definition) is 3. The van der Waals surface area contributed by atoms with E-state index in [4.69, 9.17) is 4.74 Å². The highest BCUT2D eigenvalue weighted by atomic mass is 19.1. The Hall–Kier alpha value is -1.62. The van der Waals surface area contributed by atoms with Crippen molar-refractivity contribution in [2.45, 2.75) is 45.8 Å². The van der Waals surface area contributed by atoms with Crippen molar-refractivity contribution in [1.82, 2.24) is 5.32 Å². The second kappa shape index (κ2) is 6.43. The zero-order valence-corrected chi connectivity index (χ0v) is 12.6. The molecule has 0 spiro atoms. The summed E-state index contributed by atoms with van der Waals surface area (Å²) in [5, 5.41) is 12.6. The quantitative estimate of drug-likeness (QED) is 0.898. The van der Waals surface area contributed by atoms with Gasteiger partial charge in [-0.1, -0.05) is 13.8 Å². The Morgan fingerprint density at radius 1 is 1.52 bits per heavy atom. The predicted octanol–water partition coefficient (Wildman–Crippen LogP) is 2.86. The minimum atomic E-state index is -0.766. The molecule has 3 unspecified atom stereocenters. The summed E-state index contributed by atoms with van der Waals surface area (Å²) in [5.41, 5.74) is 1.09. The maximum Gasteiger partial charge on any atom is 0.223 e. The third-order valence-corrected chi connectivity index (χ3v) is 3.98. The second-order valence-electron chi connectivity index (χ2n) is 5.60. The molecule has 1 aliphatic rings. The molecule has 0 radical (unpaired) electrons. The number of benzene rings is 1. The molecule has 3 atom stereocenters. The molecule has 116 valence electrons. The summed E-state index contributed by atoms with van der Waals surface area (Å²) in [4.78, 5) is 12.1. The first-order chi connectivity index (χ1) is 9.93. The van der Waals surface area contributed by atoms with Crippen molar-refractivity contribution in [1.29, 1.82) is 0 Å². The van der Waals surface area contributed by atoms with Crippen LogP contribution in [0.1, 0.15) is 56.9 Å². The summed E-state index contributed by atoms with van der Waals surface area (Å²) in [6.07, 6.45) is 0.583. The number of hydrogen-bond donors (Lipinski definition) is 2. The van der Waals surface area contributed by atoms with E-state index in [-0.39, 0.29) is 23.6 Å². The minimum absolute atomic E-state index is 0.0433. The SMILES string of the molecule is CCC(C)C(=O)NC1CCOc2c(F)cc(C(C)O)cc21. The fourth-order valence-corrected chi connectivity index (χ4v) is 2.37. The number of nitrogens with one attached hydrogen (secondary N) is 1. The molecule has 21 heavy (non-hydrogen) atoms. The average molecular weight is 295 g/mol. The largest absolute Gasteiger partial charge is 0.490 e. The van der Waals surface area contributed by atoms with Crippen LogP contribution in [0.3, 0.4) is 0 Å². The molecule has 1 heterocycles. The zero-order chi connectivity index (χ0) is 15.6. The summed E-state index contributed by atoms with van der Waals surface area (Å²) >= 11 is 0. The van der Waals surface area contributed by atoms with Crippen molar-refractivity contribution in [2.75, 3.05) is 6.61 Å². The molecule has 1 amide bonds. The lowest BCUT2D eigenvalue weighted by Gasteiger charge is -2.28. The lowest BCUT2D eigenvalue weighted by Crippen LogP contribution is -2.35. The summed E-state index contributed by atoms with van der Waals surface area (Å²) in [6.45, 7) is 5.76. The van der Waals surface area contributed by atoms with Crippen LogP contribution >= 0.6 is 0 Å². The molecule has 2 N–H and O–H groups in total. The molecule has 1 aromatic rings. The number of amides is 1. The van der Waals surface area contributed by atoms with Crippen LogP contribution < -0.4 is 10.1 Å². The summed E-state index contributed by atoms with van der Waals surface area (Å²) in [5.74, 6) is -0.440. The molecule has 1 aromatic carbocycles. The van der Waals surface area contributed by atoms with Crippen molar-refractivity contribution in [3.05, 3.63) is 29.1 Å². The number of carbonyl (C=O) groups is 1. The fraction of sp³-hybridized carbons (Fsp3) is 0.562. The molecule has 4 nitrogen and oxygen atoms in total. The van der Waals surface area contributed by atoms with Crippen LogP contribution in [-0.2, 0) is 4.79 Å². The highest BCUT2D eigenvalue weighted by molar-refractivity contribution is 5.78. The van der Waals surface area contributed by atoms with Crippen LogP contribution in [0.2, 0.25) is 0 Å². The van der Waals surface area contributed by atoms with Crippen LogP contribution in [0.5, 0.6) is 5.75 Å². The van der Waals surface area contributed by atoms with E-state index in [1.54, 1.807) is 13.0 Å². The number of aliphatic hydroxyl groups excluding tert-OH is 1. The Morgan fingerprint density at radius 3 is 2.86 bits per heavy atom. The van der Waals surface area contributed by atoms with Crippen LogP contribution in [-0.4, -0.2) is 17.6 Å². The Labute approximate surface area is 124 Å².